The highest BCUT2D eigenvalue weighted by molar-refractivity contribution is 5.91. The molecule has 2 rings (SSSR count). The molecule has 0 amide bonds. The highest BCUT2D eigenvalue weighted by Gasteiger charge is 2.19. The molecule has 1 aliphatic carbocycles. The number of hydrogen-bond donors (Lipinski definition) is 2. The maximum atomic E-state index is 10.9. The fourth-order valence-electron chi connectivity index (χ4n) is 2.15. The number of aromatic hydroxyl groups is 1. The van der Waals surface area contributed by atoms with Crippen LogP contribution >= 0.6 is 0 Å². The summed E-state index contributed by atoms with van der Waals surface area (Å²) in [5.41, 5.74) is -0.113. The van der Waals surface area contributed by atoms with E-state index in [1.165, 1.54) is 12.5 Å². The zero-order chi connectivity index (χ0) is 12.3. The lowest BCUT2D eigenvalue weighted by atomic mass is 9.98. The van der Waals surface area contributed by atoms with Crippen molar-refractivity contribution in [3.8, 4) is 11.5 Å². The molecule has 92 valence electrons. The molecule has 1 aromatic carbocycles. The van der Waals surface area contributed by atoms with Gasteiger partial charge in [0.05, 0.1) is 6.10 Å². The summed E-state index contributed by atoms with van der Waals surface area (Å²) in [4.78, 5) is 10.9. The molecule has 0 radical (unpaired) electrons. The SMILES string of the molecule is O=C(O)c1cccc(OC2CCCCC2)c1O. The summed E-state index contributed by atoms with van der Waals surface area (Å²) >= 11 is 0. The number of carboxylic acid groups (broad SMARTS) is 1. The molecular weight excluding hydrogens is 220 g/mol. The molecule has 1 fully saturated rings. The van der Waals surface area contributed by atoms with Gasteiger partial charge < -0.3 is 14.9 Å². The normalized spacial score (nSPS) is 16.7. The maximum Gasteiger partial charge on any atom is 0.339 e. The standard InChI is InChI=1S/C13H16O4/c14-12-10(13(15)16)7-4-8-11(12)17-9-5-2-1-3-6-9/h4,7-9,14H,1-3,5-6H2,(H,15,16). The lowest BCUT2D eigenvalue weighted by Crippen LogP contribution is -2.19. The van der Waals surface area contributed by atoms with Crippen molar-refractivity contribution in [2.45, 2.75) is 38.2 Å². The number of aromatic carboxylic acids is 1. The molecule has 2 N–H and O–H groups in total. The second-order valence-electron chi connectivity index (χ2n) is 4.34. The van der Waals surface area contributed by atoms with E-state index in [0.29, 0.717) is 0 Å². The molecule has 4 nitrogen and oxygen atoms in total. The maximum absolute atomic E-state index is 10.9. The third kappa shape index (κ3) is 2.70. The Morgan fingerprint density at radius 2 is 1.94 bits per heavy atom. The Morgan fingerprint density at radius 3 is 2.59 bits per heavy atom. The van der Waals surface area contributed by atoms with Crippen molar-refractivity contribution >= 4 is 5.97 Å². The van der Waals surface area contributed by atoms with Gasteiger partial charge in [0.25, 0.3) is 0 Å². The molecule has 0 spiro atoms. The summed E-state index contributed by atoms with van der Waals surface area (Å²) in [5, 5.41) is 18.7. The van der Waals surface area contributed by atoms with E-state index >= 15 is 0 Å². The van der Waals surface area contributed by atoms with Crippen molar-refractivity contribution in [3.63, 3.8) is 0 Å². The molecule has 0 aliphatic heterocycles. The van der Waals surface area contributed by atoms with Gasteiger partial charge in [-0.25, -0.2) is 4.79 Å². The second kappa shape index (κ2) is 5.08. The summed E-state index contributed by atoms with van der Waals surface area (Å²) < 4.78 is 5.66. The largest absolute Gasteiger partial charge is 0.504 e. The van der Waals surface area contributed by atoms with Gasteiger partial charge in [-0.2, -0.15) is 0 Å². The molecule has 1 aliphatic rings. The Bertz CT molecular complexity index is 408. The fourth-order valence-corrected chi connectivity index (χ4v) is 2.15. The van der Waals surface area contributed by atoms with Crippen LogP contribution in [0.1, 0.15) is 42.5 Å². The van der Waals surface area contributed by atoms with Gasteiger partial charge in [-0.15, -0.1) is 0 Å². The topological polar surface area (TPSA) is 66.8 Å². The van der Waals surface area contributed by atoms with Gasteiger partial charge in [-0.05, 0) is 37.8 Å². The van der Waals surface area contributed by atoms with Crippen LogP contribution in [-0.4, -0.2) is 22.3 Å². The van der Waals surface area contributed by atoms with Gasteiger partial charge in [0.15, 0.2) is 11.5 Å². The average molecular weight is 236 g/mol. The van der Waals surface area contributed by atoms with Crippen LogP contribution in [0, 0.1) is 0 Å². The van der Waals surface area contributed by atoms with Crippen LogP contribution in [0.4, 0.5) is 0 Å². The Kier molecular flexibility index (Phi) is 3.52. The predicted octanol–water partition coefficient (Wildman–Crippen LogP) is 2.80. The first-order valence-electron chi connectivity index (χ1n) is 5.90. The average Bonchev–Trinajstić information content (AvgIpc) is 2.33. The molecule has 0 bridgehead atoms. The zero-order valence-electron chi connectivity index (χ0n) is 9.56. The van der Waals surface area contributed by atoms with Crippen molar-refractivity contribution in [2.24, 2.45) is 0 Å². The third-order valence-electron chi connectivity index (χ3n) is 3.08. The van der Waals surface area contributed by atoms with E-state index in [1.54, 1.807) is 12.1 Å². The van der Waals surface area contributed by atoms with Crippen molar-refractivity contribution in [1.82, 2.24) is 0 Å². The molecule has 1 aromatic rings. The Labute approximate surface area is 99.8 Å². The van der Waals surface area contributed by atoms with E-state index in [9.17, 15) is 9.90 Å². The fraction of sp³-hybridized carbons (Fsp3) is 0.462. The lowest BCUT2D eigenvalue weighted by Gasteiger charge is -2.23. The number of carboxylic acids is 1. The minimum atomic E-state index is -1.14. The lowest BCUT2D eigenvalue weighted by molar-refractivity contribution is 0.0691. The smallest absolute Gasteiger partial charge is 0.339 e. The highest BCUT2D eigenvalue weighted by Crippen LogP contribution is 2.32. The summed E-state index contributed by atoms with van der Waals surface area (Å²) in [6.45, 7) is 0. The molecule has 0 heterocycles. The second-order valence-corrected chi connectivity index (χ2v) is 4.34. The first-order chi connectivity index (χ1) is 8.18. The van der Waals surface area contributed by atoms with E-state index in [0.717, 1.165) is 25.7 Å². The van der Waals surface area contributed by atoms with Crippen LogP contribution in [0.2, 0.25) is 0 Å². The minimum Gasteiger partial charge on any atom is -0.504 e. The Hall–Kier alpha value is -1.71. The summed E-state index contributed by atoms with van der Waals surface area (Å²) in [6.07, 6.45) is 5.52. The van der Waals surface area contributed by atoms with Crippen LogP contribution < -0.4 is 4.74 Å². The van der Waals surface area contributed by atoms with E-state index < -0.39 is 5.97 Å². The number of para-hydroxylation sites is 1. The molecule has 4 heteroatoms. The van der Waals surface area contributed by atoms with Crippen molar-refractivity contribution in [3.05, 3.63) is 23.8 Å². The van der Waals surface area contributed by atoms with Crippen LogP contribution in [0.15, 0.2) is 18.2 Å². The summed E-state index contributed by atoms with van der Waals surface area (Å²) in [6, 6.07) is 4.56. The van der Waals surface area contributed by atoms with Crippen LogP contribution in [-0.2, 0) is 0 Å². The summed E-state index contributed by atoms with van der Waals surface area (Å²) in [7, 11) is 0. The molecule has 0 atom stereocenters. The van der Waals surface area contributed by atoms with E-state index in [2.05, 4.69) is 0 Å². The Morgan fingerprint density at radius 1 is 1.24 bits per heavy atom. The number of rotatable bonds is 3. The predicted molar refractivity (Wildman–Crippen MR) is 62.6 cm³/mol. The number of carbonyl (C=O) groups is 1. The van der Waals surface area contributed by atoms with E-state index in [-0.39, 0.29) is 23.2 Å². The Balaban J connectivity index is 2.15. The number of ether oxygens (including phenoxy) is 1. The number of phenols is 1. The number of benzene rings is 1. The zero-order valence-corrected chi connectivity index (χ0v) is 9.56. The van der Waals surface area contributed by atoms with Crippen molar-refractivity contribution in [1.29, 1.82) is 0 Å². The van der Waals surface area contributed by atoms with Gasteiger partial charge in [-0.1, -0.05) is 12.5 Å². The van der Waals surface area contributed by atoms with Gasteiger partial charge in [0.2, 0.25) is 0 Å². The monoisotopic (exact) mass is 236 g/mol. The van der Waals surface area contributed by atoms with Crippen LogP contribution in [0.25, 0.3) is 0 Å². The molecule has 0 saturated heterocycles. The summed E-state index contributed by atoms with van der Waals surface area (Å²) in [5.74, 6) is -1.14. The van der Waals surface area contributed by atoms with E-state index in [4.69, 9.17) is 9.84 Å². The van der Waals surface area contributed by atoms with Crippen molar-refractivity contribution in [2.75, 3.05) is 0 Å². The first-order valence-corrected chi connectivity index (χ1v) is 5.90. The highest BCUT2D eigenvalue weighted by atomic mass is 16.5. The van der Waals surface area contributed by atoms with Crippen molar-refractivity contribution < 1.29 is 19.7 Å². The van der Waals surface area contributed by atoms with Gasteiger partial charge >= 0.3 is 5.97 Å². The quantitative estimate of drug-likeness (QED) is 0.846. The molecule has 1 saturated carbocycles. The molecule has 0 unspecified atom stereocenters. The molecular formula is C13H16O4. The molecule has 17 heavy (non-hydrogen) atoms. The van der Waals surface area contributed by atoms with Crippen LogP contribution in [0.3, 0.4) is 0 Å². The van der Waals surface area contributed by atoms with Crippen LogP contribution in [0.5, 0.6) is 11.5 Å². The van der Waals surface area contributed by atoms with Gasteiger partial charge in [0, 0.05) is 0 Å². The van der Waals surface area contributed by atoms with Gasteiger partial charge in [0.1, 0.15) is 5.56 Å². The third-order valence-corrected chi connectivity index (χ3v) is 3.08. The van der Waals surface area contributed by atoms with Gasteiger partial charge in [-0.3, -0.25) is 0 Å². The minimum absolute atomic E-state index is 0.0960. The molecule has 0 aromatic heterocycles. The van der Waals surface area contributed by atoms with E-state index in [1.807, 2.05) is 0 Å². The number of hydrogen-bond acceptors (Lipinski definition) is 3. The first kappa shape index (κ1) is 11.8.